The van der Waals surface area contributed by atoms with Gasteiger partial charge < -0.3 is 9.57 Å². The highest BCUT2D eigenvalue weighted by Crippen LogP contribution is 2.69. The molecule has 4 atom stereocenters. The third-order valence-corrected chi connectivity index (χ3v) is 7.52. The fourth-order valence-corrected chi connectivity index (χ4v) is 5.68. The summed E-state index contributed by atoms with van der Waals surface area (Å²) in [7, 11) is 0. The molecule has 34 heavy (non-hydrogen) atoms. The molecule has 2 fully saturated rings. The van der Waals surface area contributed by atoms with Gasteiger partial charge in [0.2, 0.25) is 0 Å². The van der Waals surface area contributed by atoms with Crippen molar-refractivity contribution in [2.45, 2.75) is 25.2 Å². The third kappa shape index (κ3) is 4.07. The summed E-state index contributed by atoms with van der Waals surface area (Å²) in [6.45, 7) is 1.96. The molecule has 0 aliphatic heterocycles. The number of carbonyl (C=O) groups excluding carboxylic acids is 2. The summed E-state index contributed by atoms with van der Waals surface area (Å²) in [6.07, 6.45) is 3.37. The molecule has 174 valence electrons. The number of ether oxygens (including phenoxy) is 1. The molecule has 0 amide bonds. The van der Waals surface area contributed by atoms with Crippen LogP contribution in [0.15, 0.2) is 85.1 Å². The number of aromatic nitrogens is 1. The van der Waals surface area contributed by atoms with E-state index in [2.05, 4.69) is 48.5 Å². The Morgan fingerprint density at radius 3 is 2.18 bits per heavy atom. The molecule has 5 rings (SSSR count). The van der Waals surface area contributed by atoms with Crippen molar-refractivity contribution < 1.29 is 19.2 Å². The molecule has 3 aromatic rings. The molecule has 2 aliphatic rings. The number of carbonyl (C=O) groups is 2. The molecule has 2 saturated carbocycles. The van der Waals surface area contributed by atoms with Gasteiger partial charge in [-0.05, 0) is 60.8 Å². The first-order valence-corrected chi connectivity index (χ1v) is 12.1. The first-order chi connectivity index (χ1) is 16.6. The van der Waals surface area contributed by atoms with Crippen LogP contribution in [0.1, 0.15) is 30.9 Å². The Labute approximate surface area is 204 Å². The molecule has 0 saturated heterocycles. The maximum absolute atomic E-state index is 13.2. The minimum atomic E-state index is -0.961. The third-order valence-electron chi connectivity index (χ3n) is 7.20. The van der Waals surface area contributed by atoms with Gasteiger partial charge >= 0.3 is 11.9 Å². The van der Waals surface area contributed by atoms with E-state index < -0.39 is 17.9 Å². The number of nitrogens with zero attached hydrogens (tertiary/aromatic N) is 1. The summed E-state index contributed by atoms with van der Waals surface area (Å²) >= 11 is 5.24. The number of hydrogen-bond donors (Lipinski definition) is 0. The van der Waals surface area contributed by atoms with Crippen LogP contribution < -0.4 is 4.84 Å². The Kier molecular flexibility index (Phi) is 6.09. The number of benzene rings is 2. The van der Waals surface area contributed by atoms with Gasteiger partial charge in [0, 0.05) is 11.6 Å². The van der Waals surface area contributed by atoms with Crippen LogP contribution in [0, 0.1) is 28.3 Å². The van der Waals surface area contributed by atoms with Gasteiger partial charge in [-0.15, -0.1) is 0 Å². The number of pyridine rings is 1. The van der Waals surface area contributed by atoms with Crippen molar-refractivity contribution in [3.8, 4) is 0 Å². The number of hydrogen-bond acceptors (Lipinski definition) is 5. The van der Waals surface area contributed by atoms with E-state index in [-0.39, 0.29) is 23.9 Å². The lowest BCUT2D eigenvalue weighted by Gasteiger charge is -2.20. The fourth-order valence-electron chi connectivity index (χ4n) is 5.51. The van der Waals surface area contributed by atoms with E-state index in [0.29, 0.717) is 10.6 Å². The van der Waals surface area contributed by atoms with E-state index in [1.807, 2.05) is 12.1 Å². The molecule has 1 heterocycles. The lowest BCUT2D eigenvalue weighted by Crippen LogP contribution is -2.36. The smallest absolute Gasteiger partial charge is 0.347 e. The Morgan fingerprint density at radius 2 is 1.59 bits per heavy atom. The van der Waals surface area contributed by atoms with Crippen LogP contribution in [0.3, 0.4) is 0 Å². The Hall–Kier alpha value is -3.25. The van der Waals surface area contributed by atoms with E-state index >= 15 is 0 Å². The minimum absolute atomic E-state index is 0.0903. The normalized spacial score (nSPS) is 22.9. The predicted molar refractivity (Wildman–Crippen MR) is 130 cm³/mol. The van der Waals surface area contributed by atoms with Crippen LogP contribution in [-0.2, 0) is 19.7 Å². The predicted octanol–water partition coefficient (Wildman–Crippen LogP) is 4.99. The quantitative estimate of drug-likeness (QED) is 0.262. The minimum Gasteiger partial charge on any atom is -0.465 e. The largest absolute Gasteiger partial charge is 0.465 e. The summed E-state index contributed by atoms with van der Waals surface area (Å²) in [5, 5.41) is 0. The van der Waals surface area contributed by atoms with Crippen molar-refractivity contribution in [1.82, 2.24) is 4.73 Å². The molecule has 0 bridgehead atoms. The zero-order valence-electron chi connectivity index (χ0n) is 19.0. The average molecular weight is 474 g/mol. The lowest BCUT2D eigenvalue weighted by molar-refractivity contribution is -0.163. The molecule has 0 spiro atoms. The van der Waals surface area contributed by atoms with Crippen LogP contribution in [0.25, 0.3) is 0 Å². The highest BCUT2D eigenvalue weighted by Gasteiger charge is 2.67. The van der Waals surface area contributed by atoms with Gasteiger partial charge in [-0.1, -0.05) is 78.9 Å². The van der Waals surface area contributed by atoms with Gasteiger partial charge in [0.25, 0.3) is 0 Å². The van der Waals surface area contributed by atoms with Crippen LogP contribution in [0.2, 0.25) is 0 Å². The van der Waals surface area contributed by atoms with E-state index in [9.17, 15) is 9.59 Å². The Balaban J connectivity index is 1.40. The van der Waals surface area contributed by atoms with Gasteiger partial charge in [-0.25, -0.2) is 4.79 Å². The monoisotopic (exact) mass is 473 g/mol. The molecular formula is C28H27NO4S. The van der Waals surface area contributed by atoms with Crippen LogP contribution in [0.4, 0.5) is 0 Å². The molecule has 0 radical (unpaired) electrons. The summed E-state index contributed by atoms with van der Waals surface area (Å²) < 4.78 is 6.88. The highest BCUT2D eigenvalue weighted by molar-refractivity contribution is 7.71. The molecule has 2 aromatic carbocycles. The molecule has 5 nitrogen and oxygen atoms in total. The fraction of sp³-hybridized carbons (Fsp3) is 0.321. The SMILES string of the molecule is CCOC(=O)C(C(=O)On1ccccc1=S)[C@@H]1C[C@H]1[C@@H]1CC1(c1ccccc1)c1ccccc1. The van der Waals surface area contributed by atoms with Crippen LogP contribution >= 0.6 is 12.2 Å². The molecule has 6 heteroatoms. The van der Waals surface area contributed by atoms with Gasteiger partial charge in [-0.3, -0.25) is 4.79 Å². The lowest BCUT2D eigenvalue weighted by atomic mass is 9.84. The Bertz CT molecular complexity index is 1200. The molecular weight excluding hydrogens is 446 g/mol. The molecule has 2 aliphatic carbocycles. The van der Waals surface area contributed by atoms with Gasteiger partial charge in [-0.2, -0.15) is 4.73 Å². The summed E-state index contributed by atoms with van der Waals surface area (Å²) in [4.78, 5) is 31.6. The van der Waals surface area contributed by atoms with Crippen LogP contribution in [-0.4, -0.2) is 23.3 Å². The van der Waals surface area contributed by atoms with Gasteiger partial charge in [0.1, 0.15) is 4.64 Å². The van der Waals surface area contributed by atoms with E-state index in [1.54, 1.807) is 31.3 Å². The molecule has 0 N–H and O–H groups in total. The molecule has 1 unspecified atom stereocenters. The molecule has 1 aromatic heterocycles. The summed E-state index contributed by atoms with van der Waals surface area (Å²) in [6, 6.07) is 26.2. The van der Waals surface area contributed by atoms with Crippen LogP contribution in [0.5, 0.6) is 0 Å². The maximum atomic E-state index is 13.2. The first-order valence-electron chi connectivity index (χ1n) is 11.7. The standard InChI is InChI=1S/C28H27NO4S/c1-2-32-26(30)25(27(31)33-29-16-10-9-15-24(29)34)22-17-21(22)23-18-28(23,19-11-5-3-6-12-19)20-13-7-4-8-14-20/h3-16,21-23,25H,2,17-18H2,1H3/t21-,22-,23+,25?/m1/s1. The zero-order valence-corrected chi connectivity index (χ0v) is 19.8. The second-order valence-electron chi connectivity index (χ2n) is 9.08. The number of esters is 1. The van der Waals surface area contributed by atoms with Crippen molar-refractivity contribution in [1.29, 1.82) is 0 Å². The van der Waals surface area contributed by atoms with Crippen molar-refractivity contribution in [3.05, 3.63) is 101 Å². The van der Waals surface area contributed by atoms with Crippen molar-refractivity contribution in [2.75, 3.05) is 6.61 Å². The topological polar surface area (TPSA) is 57.5 Å². The Morgan fingerprint density at radius 1 is 0.971 bits per heavy atom. The summed E-state index contributed by atoms with van der Waals surface area (Å²) in [5.74, 6) is -1.61. The highest BCUT2D eigenvalue weighted by atomic mass is 32.1. The zero-order chi connectivity index (χ0) is 23.7. The van der Waals surface area contributed by atoms with Gasteiger partial charge in [0.05, 0.1) is 6.61 Å². The van der Waals surface area contributed by atoms with E-state index in [1.165, 1.54) is 15.9 Å². The van der Waals surface area contributed by atoms with E-state index in [0.717, 1.165) is 12.8 Å². The maximum Gasteiger partial charge on any atom is 0.347 e. The van der Waals surface area contributed by atoms with E-state index in [4.69, 9.17) is 21.8 Å². The second kappa shape index (κ2) is 9.18. The summed E-state index contributed by atoms with van der Waals surface area (Å²) in [5.41, 5.74) is 2.47. The first kappa shape index (κ1) is 22.5. The number of rotatable bonds is 8. The van der Waals surface area contributed by atoms with Crippen molar-refractivity contribution >= 4 is 24.2 Å². The van der Waals surface area contributed by atoms with Crippen molar-refractivity contribution in [2.24, 2.45) is 23.7 Å². The van der Waals surface area contributed by atoms with Gasteiger partial charge in [0.15, 0.2) is 5.92 Å². The van der Waals surface area contributed by atoms with Crippen molar-refractivity contribution in [3.63, 3.8) is 0 Å². The average Bonchev–Trinajstić information content (AvgIpc) is 3.77. The second-order valence-corrected chi connectivity index (χ2v) is 9.50.